The lowest BCUT2D eigenvalue weighted by Crippen LogP contribution is -2.55. The first-order valence-electron chi connectivity index (χ1n) is 10.2. The molecule has 2 fully saturated rings. The fourth-order valence-electron chi connectivity index (χ4n) is 4.36. The molecule has 2 aliphatic rings. The molecule has 0 saturated carbocycles. The highest BCUT2D eigenvalue weighted by Crippen LogP contribution is 2.29. The van der Waals surface area contributed by atoms with Gasteiger partial charge < -0.3 is 23.7 Å². The fourth-order valence-corrected chi connectivity index (χ4v) is 4.36. The molecule has 156 valence electrons. The summed E-state index contributed by atoms with van der Waals surface area (Å²) in [7, 11) is 3.26. The van der Waals surface area contributed by atoms with E-state index in [9.17, 15) is 4.79 Å². The molecular weight excluding hydrogens is 370 g/mol. The normalized spacial score (nSPS) is 20.6. The van der Waals surface area contributed by atoms with Crippen molar-refractivity contribution in [2.45, 2.75) is 18.9 Å². The average molecular weight is 399 g/mol. The Bertz CT molecular complexity index is 829. The van der Waals surface area contributed by atoms with Crippen molar-refractivity contribution >= 4 is 11.6 Å². The molecule has 29 heavy (non-hydrogen) atoms. The molecule has 1 aromatic heterocycles. The van der Waals surface area contributed by atoms with Crippen LogP contribution < -0.4 is 14.4 Å². The SMILES string of the molecule is COc1ccc(C(=O)N2CCCC(N3CCN(c4ccccc4OC)CC3)C2)o1. The van der Waals surface area contributed by atoms with Crippen molar-refractivity contribution in [1.29, 1.82) is 0 Å². The second-order valence-electron chi connectivity index (χ2n) is 7.56. The molecule has 2 saturated heterocycles. The Kier molecular flexibility index (Phi) is 5.94. The summed E-state index contributed by atoms with van der Waals surface area (Å²) in [5.41, 5.74) is 1.15. The topological polar surface area (TPSA) is 58.4 Å². The maximum atomic E-state index is 12.8. The van der Waals surface area contributed by atoms with E-state index in [-0.39, 0.29) is 5.91 Å². The lowest BCUT2D eigenvalue weighted by Gasteiger charge is -2.44. The van der Waals surface area contributed by atoms with Crippen molar-refractivity contribution in [2.24, 2.45) is 0 Å². The minimum atomic E-state index is -0.0503. The predicted octanol–water partition coefficient (Wildman–Crippen LogP) is 2.72. The highest BCUT2D eigenvalue weighted by atomic mass is 16.6. The third-order valence-corrected chi connectivity index (χ3v) is 5.93. The summed E-state index contributed by atoms with van der Waals surface area (Å²) in [5.74, 6) is 1.59. The van der Waals surface area contributed by atoms with E-state index in [2.05, 4.69) is 21.9 Å². The zero-order valence-electron chi connectivity index (χ0n) is 17.2. The van der Waals surface area contributed by atoms with E-state index >= 15 is 0 Å². The second kappa shape index (κ2) is 8.78. The molecule has 3 heterocycles. The Morgan fingerprint density at radius 3 is 2.52 bits per heavy atom. The van der Waals surface area contributed by atoms with E-state index in [1.54, 1.807) is 19.2 Å². The number of hydrogen-bond acceptors (Lipinski definition) is 6. The summed E-state index contributed by atoms with van der Waals surface area (Å²) < 4.78 is 16.0. The highest BCUT2D eigenvalue weighted by Gasteiger charge is 2.31. The van der Waals surface area contributed by atoms with Gasteiger partial charge >= 0.3 is 0 Å². The standard InChI is InChI=1S/C22H29N3O4/c1-27-19-8-4-3-7-18(19)24-14-12-23(13-15-24)17-6-5-11-25(16-17)22(26)20-9-10-21(28-2)29-20/h3-4,7-10,17H,5-6,11-16H2,1-2H3. The number of para-hydroxylation sites is 2. The summed E-state index contributed by atoms with van der Waals surface area (Å²) >= 11 is 0. The fraction of sp³-hybridized carbons (Fsp3) is 0.500. The van der Waals surface area contributed by atoms with Gasteiger partial charge in [-0.05, 0) is 31.0 Å². The van der Waals surface area contributed by atoms with Crippen molar-refractivity contribution in [3.05, 3.63) is 42.2 Å². The third kappa shape index (κ3) is 4.19. The average Bonchev–Trinajstić information content (AvgIpc) is 3.28. The lowest BCUT2D eigenvalue weighted by molar-refractivity contribution is 0.0530. The van der Waals surface area contributed by atoms with Crippen LogP contribution in [0.15, 0.2) is 40.8 Å². The van der Waals surface area contributed by atoms with Gasteiger partial charge in [-0.25, -0.2) is 0 Å². The van der Waals surface area contributed by atoms with Crippen LogP contribution in [0.2, 0.25) is 0 Å². The molecule has 1 aromatic carbocycles. The van der Waals surface area contributed by atoms with Crippen LogP contribution in [-0.2, 0) is 0 Å². The van der Waals surface area contributed by atoms with Gasteiger partial charge in [0, 0.05) is 51.4 Å². The molecule has 0 aliphatic carbocycles. The van der Waals surface area contributed by atoms with E-state index < -0.39 is 0 Å². The highest BCUT2D eigenvalue weighted by molar-refractivity contribution is 5.91. The van der Waals surface area contributed by atoms with Crippen LogP contribution in [0.3, 0.4) is 0 Å². The number of nitrogens with zero attached hydrogens (tertiary/aromatic N) is 3. The van der Waals surface area contributed by atoms with Crippen molar-refractivity contribution in [2.75, 3.05) is 58.4 Å². The first-order valence-corrected chi connectivity index (χ1v) is 10.2. The molecular formula is C22H29N3O4. The van der Waals surface area contributed by atoms with Crippen LogP contribution in [0.5, 0.6) is 11.7 Å². The number of carbonyl (C=O) groups excluding carboxylic acids is 1. The monoisotopic (exact) mass is 399 g/mol. The Hall–Kier alpha value is -2.67. The molecule has 0 bridgehead atoms. The van der Waals surface area contributed by atoms with E-state index in [1.807, 2.05) is 17.0 Å². The first kappa shape index (κ1) is 19.6. The zero-order valence-corrected chi connectivity index (χ0v) is 17.2. The van der Waals surface area contributed by atoms with Crippen LogP contribution in [0, 0.1) is 0 Å². The smallest absolute Gasteiger partial charge is 0.289 e. The van der Waals surface area contributed by atoms with Crippen LogP contribution in [0.1, 0.15) is 23.4 Å². The van der Waals surface area contributed by atoms with Crippen LogP contribution in [0.25, 0.3) is 0 Å². The summed E-state index contributed by atoms with van der Waals surface area (Å²) in [5, 5.41) is 0. The quantitative estimate of drug-likeness (QED) is 0.771. The number of rotatable bonds is 5. The van der Waals surface area contributed by atoms with Gasteiger partial charge in [0.05, 0.1) is 19.9 Å². The molecule has 2 aliphatic heterocycles. The molecule has 0 radical (unpaired) electrons. The van der Waals surface area contributed by atoms with E-state index in [1.165, 1.54) is 7.11 Å². The molecule has 4 rings (SSSR count). The van der Waals surface area contributed by atoms with E-state index in [0.717, 1.165) is 63.5 Å². The number of anilines is 1. The van der Waals surface area contributed by atoms with Gasteiger partial charge in [-0.2, -0.15) is 0 Å². The van der Waals surface area contributed by atoms with Crippen molar-refractivity contribution in [3.63, 3.8) is 0 Å². The molecule has 2 aromatic rings. The molecule has 0 N–H and O–H groups in total. The minimum Gasteiger partial charge on any atom is -0.495 e. The second-order valence-corrected chi connectivity index (χ2v) is 7.56. The van der Waals surface area contributed by atoms with Gasteiger partial charge in [0.2, 0.25) is 0 Å². The summed E-state index contributed by atoms with van der Waals surface area (Å²) in [6, 6.07) is 12.0. The number of hydrogen-bond donors (Lipinski definition) is 0. The molecule has 7 heteroatoms. The van der Waals surface area contributed by atoms with Gasteiger partial charge in [0.15, 0.2) is 5.76 Å². The van der Waals surface area contributed by atoms with E-state index in [4.69, 9.17) is 13.9 Å². The van der Waals surface area contributed by atoms with Gasteiger partial charge in [-0.15, -0.1) is 0 Å². The maximum Gasteiger partial charge on any atom is 0.289 e. The maximum absolute atomic E-state index is 12.8. The number of ether oxygens (including phenoxy) is 2. The summed E-state index contributed by atoms with van der Waals surface area (Å²) in [6.45, 7) is 5.41. The number of piperidine rings is 1. The van der Waals surface area contributed by atoms with Gasteiger partial charge in [0.25, 0.3) is 11.9 Å². The molecule has 7 nitrogen and oxygen atoms in total. The van der Waals surface area contributed by atoms with E-state index in [0.29, 0.717) is 17.7 Å². The molecule has 0 spiro atoms. The lowest BCUT2D eigenvalue weighted by atomic mass is 10.0. The minimum absolute atomic E-state index is 0.0503. The van der Waals surface area contributed by atoms with Crippen LogP contribution in [0.4, 0.5) is 5.69 Å². The van der Waals surface area contributed by atoms with Crippen molar-refractivity contribution in [1.82, 2.24) is 9.80 Å². The van der Waals surface area contributed by atoms with Crippen LogP contribution >= 0.6 is 0 Å². The molecule has 1 unspecified atom stereocenters. The van der Waals surface area contributed by atoms with Crippen LogP contribution in [-0.4, -0.2) is 75.2 Å². The number of amides is 1. The Balaban J connectivity index is 1.35. The number of carbonyl (C=O) groups is 1. The van der Waals surface area contributed by atoms with Gasteiger partial charge in [0.1, 0.15) is 5.75 Å². The number of piperazine rings is 1. The number of likely N-dealkylation sites (tertiary alicyclic amines) is 1. The zero-order chi connectivity index (χ0) is 20.2. The molecule has 1 amide bonds. The largest absolute Gasteiger partial charge is 0.495 e. The summed E-state index contributed by atoms with van der Waals surface area (Å²) in [4.78, 5) is 19.6. The number of methoxy groups -OCH3 is 2. The Labute approximate surface area is 171 Å². The Morgan fingerprint density at radius 1 is 1.00 bits per heavy atom. The Morgan fingerprint density at radius 2 is 1.79 bits per heavy atom. The third-order valence-electron chi connectivity index (χ3n) is 5.93. The van der Waals surface area contributed by atoms with Crippen molar-refractivity contribution < 1.29 is 18.7 Å². The first-order chi connectivity index (χ1) is 14.2. The van der Waals surface area contributed by atoms with Gasteiger partial charge in [-0.3, -0.25) is 9.69 Å². The number of benzene rings is 1. The van der Waals surface area contributed by atoms with Gasteiger partial charge in [-0.1, -0.05) is 12.1 Å². The molecule has 1 atom stereocenters. The predicted molar refractivity (Wildman–Crippen MR) is 111 cm³/mol. The van der Waals surface area contributed by atoms with Crippen molar-refractivity contribution in [3.8, 4) is 11.7 Å². The number of furan rings is 1. The summed E-state index contributed by atoms with van der Waals surface area (Å²) in [6.07, 6.45) is 2.14.